The molecule has 1 saturated heterocycles. The highest BCUT2D eigenvalue weighted by Gasteiger charge is 2.19. The molecule has 0 atom stereocenters. The van der Waals surface area contributed by atoms with E-state index < -0.39 is 0 Å². The van der Waals surface area contributed by atoms with E-state index in [4.69, 9.17) is 9.47 Å². The summed E-state index contributed by atoms with van der Waals surface area (Å²) in [4.78, 5) is 14.2. The predicted molar refractivity (Wildman–Crippen MR) is 94.6 cm³/mol. The first kappa shape index (κ1) is 17.0. The van der Waals surface area contributed by atoms with E-state index in [0.29, 0.717) is 23.0 Å². The van der Waals surface area contributed by atoms with Crippen LogP contribution in [0.15, 0.2) is 30.3 Å². The van der Waals surface area contributed by atoms with Gasteiger partial charge in [0.2, 0.25) is 0 Å². The van der Waals surface area contributed by atoms with Gasteiger partial charge in [0.15, 0.2) is 23.0 Å². The van der Waals surface area contributed by atoms with Crippen LogP contribution in [0.25, 0.3) is 0 Å². The molecule has 1 aromatic heterocycles. The number of methoxy groups -OCH3 is 2. The third kappa shape index (κ3) is 3.99. The molecule has 1 aliphatic heterocycles. The van der Waals surface area contributed by atoms with E-state index in [2.05, 4.69) is 15.5 Å². The monoisotopic (exact) mass is 342 g/mol. The van der Waals surface area contributed by atoms with E-state index >= 15 is 0 Å². The number of benzene rings is 1. The third-order valence-corrected chi connectivity index (χ3v) is 4.18. The number of hydrogen-bond donors (Lipinski definition) is 1. The molecule has 3 rings (SSSR count). The third-order valence-electron chi connectivity index (χ3n) is 4.18. The summed E-state index contributed by atoms with van der Waals surface area (Å²) in [5.74, 6) is 1.78. The number of carbonyl (C=O) groups excluding carboxylic acids is 1. The average molecular weight is 342 g/mol. The van der Waals surface area contributed by atoms with Crippen molar-refractivity contribution in [3.8, 4) is 11.5 Å². The molecule has 1 amide bonds. The molecule has 0 saturated carbocycles. The Hall–Kier alpha value is -2.83. The van der Waals surface area contributed by atoms with E-state index in [1.807, 2.05) is 23.1 Å². The van der Waals surface area contributed by atoms with Crippen LogP contribution >= 0.6 is 0 Å². The van der Waals surface area contributed by atoms with Crippen LogP contribution in [0.2, 0.25) is 0 Å². The lowest BCUT2D eigenvalue weighted by atomic mass is 10.1. The number of hydrogen-bond acceptors (Lipinski definition) is 6. The van der Waals surface area contributed by atoms with Crippen molar-refractivity contribution in [2.24, 2.45) is 0 Å². The van der Waals surface area contributed by atoms with E-state index in [1.54, 1.807) is 26.4 Å². The second kappa shape index (κ2) is 7.83. The van der Waals surface area contributed by atoms with Crippen LogP contribution in [0.5, 0.6) is 11.5 Å². The molecule has 1 aromatic carbocycles. The van der Waals surface area contributed by atoms with Gasteiger partial charge in [0.25, 0.3) is 5.91 Å². The molecule has 1 aliphatic rings. The normalized spacial score (nSPS) is 14.1. The fourth-order valence-corrected chi connectivity index (χ4v) is 2.83. The van der Waals surface area contributed by atoms with Crippen molar-refractivity contribution in [1.82, 2.24) is 15.1 Å². The Bertz CT molecular complexity index is 728. The SMILES string of the molecule is COc1ccc(Nc2ccc(C(=O)N3CCCCC3)nn2)cc1OC. The summed E-state index contributed by atoms with van der Waals surface area (Å²) in [5.41, 5.74) is 1.17. The number of likely N-dealkylation sites (tertiary alicyclic amines) is 1. The zero-order valence-corrected chi connectivity index (χ0v) is 14.5. The van der Waals surface area contributed by atoms with Crippen LogP contribution in [-0.2, 0) is 0 Å². The number of anilines is 2. The average Bonchev–Trinajstić information content (AvgIpc) is 2.68. The molecule has 7 nitrogen and oxygen atoms in total. The van der Waals surface area contributed by atoms with E-state index in [-0.39, 0.29) is 5.91 Å². The van der Waals surface area contributed by atoms with Gasteiger partial charge in [-0.2, -0.15) is 0 Å². The molecular formula is C18H22N4O3. The quantitative estimate of drug-likeness (QED) is 0.900. The van der Waals surface area contributed by atoms with E-state index in [9.17, 15) is 4.79 Å². The number of carbonyl (C=O) groups is 1. The summed E-state index contributed by atoms with van der Waals surface area (Å²) in [5, 5.41) is 11.3. The minimum absolute atomic E-state index is 0.0510. The molecule has 25 heavy (non-hydrogen) atoms. The highest BCUT2D eigenvalue weighted by molar-refractivity contribution is 5.92. The standard InChI is InChI=1S/C18H22N4O3/c1-24-15-8-6-13(12-16(15)25-2)19-17-9-7-14(20-21-17)18(23)22-10-4-3-5-11-22/h6-9,12H,3-5,10-11H2,1-2H3,(H,19,21). The number of amides is 1. The number of ether oxygens (including phenoxy) is 2. The summed E-state index contributed by atoms with van der Waals surface area (Å²) in [7, 11) is 3.18. The molecule has 0 radical (unpaired) electrons. The summed E-state index contributed by atoms with van der Waals surface area (Å²) < 4.78 is 10.5. The lowest BCUT2D eigenvalue weighted by molar-refractivity contribution is 0.0717. The molecule has 2 aromatic rings. The van der Waals surface area contributed by atoms with Gasteiger partial charge >= 0.3 is 0 Å². The summed E-state index contributed by atoms with van der Waals surface area (Å²) >= 11 is 0. The van der Waals surface area contributed by atoms with Gasteiger partial charge in [0.05, 0.1) is 14.2 Å². The van der Waals surface area contributed by atoms with Crippen molar-refractivity contribution in [2.45, 2.75) is 19.3 Å². The van der Waals surface area contributed by atoms with Gasteiger partial charge in [0.1, 0.15) is 0 Å². The molecular weight excluding hydrogens is 320 g/mol. The minimum atomic E-state index is -0.0510. The van der Waals surface area contributed by atoms with Crippen molar-refractivity contribution < 1.29 is 14.3 Å². The predicted octanol–water partition coefficient (Wildman–Crippen LogP) is 2.86. The number of nitrogens with one attached hydrogen (secondary N) is 1. The van der Waals surface area contributed by atoms with Crippen molar-refractivity contribution in [2.75, 3.05) is 32.6 Å². The number of rotatable bonds is 5. The largest absolute Gasteiger partial charge is 0.493 e. The summed E-state index contributed by atoms with van der Waals surface area (Å²) in [6.45, 7) is 1.60. The molecule has 0 bridgehead atoms. The van der Waals surface area contributed by atoms with Crippen LogP contribution in [0.1, 0.15) is 29.8 Å². The smallest absolute Gasteiger partial charge is 0.274 e. The fourth-order valence-electron chi connectivity index (χ4n) is 2.83. The lowest BCUT2D eigenvalue weighted by Gasteiger charge is -2.26. The molecule has 132 valence electrons. The van der Waals surface area contributed by atoms with Gasteiger partial charge < -0.3 is 19.7 Å². The Morgan fingerprint density at radius 2 is 1.76 bits per heavy atom. The van der Waals surface area contributed by atoms with Gasteiger partial charge in [-0.1, -0.05) is 0 Å². The van der Waals surface area contributed by atoms with Gasteiger partial charge in [-0.15, -0.1) is 10.2 Å². The molecule has 2 heterocycles. The van der Waals surface area contributed by atoms with Gasteiger partial charge in [-0.3, -0.25) is 4.79 Å². The van der Waals surface area contributed by atoms with Crippen molar-refractivity contribution in [3.05, 3.63) is 36.0 Å². The molecule has 1 fully saturated rings. The second-order valence-corrected chi connectivity index (χ2v) is 5.85. The Labute approximate surface area is 147 Å². The highest BCUT2D eigenvalue weighted by atomic mass is 16.5. The molecule has 7 heteroatoms. The maximum Gasteiger partial charge on any atom is 0.274 e. The van der Waals surface area contributed by atoms with Crippen molar-refractivity contribution in [1.29, 1.82) is 0 Å². The number of aromatic nitrogens is 2. The Morgan fingerprint density at radius 1 is 1.00 bits per heavy atom. The maximum absolute atomic E-state index is 12.4. The first-order valence-electron chi connectivity index (χ1n) is 8.33. The first-order valence-corrected chi connectivity index (χ1v) is 8.33. The topological polar surface area (TPSA) is 76.6 Å². The van der Waals surface area contributed by atoms with Gasteiger partial charge in [-0.05, 0) is 43.5 Å². The van der Waals surface area contributed by atoms with Crippen molar-refractivity contribution >= 4 is 17.4 Å². The number of nitrogens with zero attached hydrogens (tertiary/aromatic N) is 3. The van der Waals surface area contributed by atoms with E-state index in [0.717, 1.165) is 31.6 Å². The van der Waals surface area contributed by atoms with Crippen LogP contribution < -0.4 is 14.8 Å². The summed E-state index contributed by atoms with van der Waals surface area (Å²) in [6.07, 6.45) is 3.29. The van der Waals surface area contributed by atoms with Crippen LogP contribution in [-0.4, -0.2) is 48.3 Å². The Morgan fingerprint density at radius 3 is 2.40 bits per heavy atom. The molecule has 1 N–H and O–H groups in total. The molecule has 0 spiro atoms. The zero-order valence-electron chi connectivity index (χ0n) is 14.5. The molecule has 0 aliphatic carbocycles. The fraction of sp³-hybridized carbons (Fsp3) is 0.389. The van der Waals surface area contributed by atoms with Crippen molar-refractivity contribution in [3.63, 3.8) is 0 Å². The van der Waals surface area contributed by atoms with Gasteiger partial charge in [0, 0.05) is 24.8 Å². The zero-order chi connectivity index (χ0) is 17.6. The first-order chi connectivity index (χ1) is 12.2. The molecule has 0 unspecified atom stereocenters. The van der Waals surface area contributed by atoms with Crippen LogP contribution in [0.4, 0.5) is 11.5 Å². The lowest BCUT2D eigenvalue weighted by Crippen LogP contribution is -2.36. The summed E-state index contributed by atoms with van der Waals surface area (Å²) in [6, 6.07) is 8.93. The maximum atomic E-state index is 12.4. The number of piperidine rings is 1. The van der Waals surface area contributed by atoms with Crippen LogP contribution in [0.3, 0.4) is 0 Å². The highest BCUT2D eigenvalue weighted by Crippen LogP contribution is 2.30. The second-order valence-electron chi connectivity index (χ2n) is 5.85. The van der Waals surface area contributed by atoms with E-state index in [1.165, 1.54) is 6.42 Å². The Balaban J connectivity index is 1.69. The Kier molecular flexibility index (Phi) is 5.33. The van der Waals surface area contributed by atoms with Crippen LogP contribution in [0, 0.1) is 0 Å². The minimum Gasteiger partial charge on any atom is -0.493 e. The van der Waals surface area contributed by atoms with Gasteiger partial charge in [-0.25, -0.2) is 0 Å².